The average Bonchev–Trinajstić information content (AvgIpc) is 3.87. The lowest BCUT2D eigenvalue weighted by Gasteiger charge is -2.26. The molecule has 0 bridgehead atoms. The van der Waals surface area contributed by atoms with Crippen molar-refractivity contribution in [2.24, 2.45) is 5.92 Å². The monoisotopic (exact) mass is 595 g/mol. The van der Waals surface area contributed by atoms with Gasteiger partial charge in [0.2, 0.25) is 5.91 Å². The van der Waals surface area contributed by atoms with Gasteiger partial charge in [0.15, 0.2) is 11.5 Å². The average molecular weight is 596 g/mol. The standard InChI is InChI=1S/C32H37N9O3/c1-19-9-13-22(34-16-19)18-41(5)32(44)25-14-12-21(17-35-25)23-7-6-8-24(29(23)40(3)4)36-26-15-27(37-30(42)20-10-11-20)38-39-28(26)31(43)33-2/h6-9,12-16,20,35H,10-11,17-18H2,1-5H3,(H,33,43)(H2,36,37,38,42). The Hall–Kier alpha value is -5.26. The lowest BCUT2D eigenvalue weighted by molar-refractivity contribution is -0.126. The third-order valence-corrected chi connectivity index (χ3v) is 7.40. The highest BCUT2D eigenvalue weighted by molar-refractivity contribution is 6.01. The summed E-state index contributed by atoms with van der Waals surface area (Å²) >= 11 is 0. The van der Waals surface area contributed by atoms with Gasteiger partial charge in [0.05, 0.1) is 29.3 Å². The van der Waals surface area contributed by atoms with Gasteiger partial charge in [-0.2, -0.15) is 0 Å². The molecule has 0 spiro atoms. The molecule has 1 aliphatic carbocycles. The van der Waals surface area contributed by atoms with Crippen LogP contribution in [0.1, 0.15) is 40.2 Å². The minimum Gasteiger partial charge on any atom is -0.376 e. The minimum atomic E-state index is -0.410. The number of amides is 3. The fourth-order valence-electron chi connectivity index (χ4n) is 4.87. The van der Waals surface area contributed by atoms with Gasteiger partial charge in [0, 0.05) is 58.5 Å². The zero-order chi connectivity index (χ0) is 31.4. The highest BCUT2D eigenvalue weighted by Crippen LogP contribution is 2.37. The molecule has 12 nitrogen and oxygen atoms in total. The third kappa shape index (κ3) is 6.86. The van der Waals surface area contributed by atoms with Crippen LogP contribution in [0.25, 0.3) is 5.57 Å². The number of dihydropyridines is 1. The Labute approximate surface area is 256 Å². The van der Waals surface area contributed by atoms with E-state index in [1.165, 1.54) is 7.05 Å². The van der Waals surface area contributed by atoms with E-state index in [1.54, 1.807) is 30.3 Å². The number of likely N-dealkylation sites (N-methyl/N-ethyl adjacent to an activating group) is 1. The summed E-state index contributed by atoms with van der Waals surface area (Å²) in [6.45, 7) is 2.82. The van der Waals surface area contributed by atoms with Crippen LogP contribution in [-0.2, 0) is 16.1 Å². The summed E-state index contributed by atoms with van der Waals surface area (Å²) in [6.07, 6.45) is 7.25. The number of benzene rings is 1. The molecule has 4 N–H and O–H groups in total. The van der Waals surface area contributed by atoms with Gasteiger partial charge < -0.3 is 31.1 Å². The van der Waals surface area contributed by atoms with E-state index in [-0.39, 0.29) is 29.2 Å². The Morgan fingerprint density at radius 1 is 1.02 bits per heavy atom. The van der Waals surface area contributed by atoms with E-state index in [0.29, 0.717) is 24.5 Å². The number of carbonyl (C=O) groups excluding carboxylic acids is 3. The van der Waals surface area contributed by atoms with Crippen molar-refractivity contribution in [1.29, 1.82) is 0 Å². The normalized spacial score (nSPS) is 14.0. The van der Waals surface area contributed by atoms with Gasteiger partial charge in [-0.05, 0) is 49.1 Å². The van der Waals surface area contributed by atoms with E-state index < -0.39 is 5.91 Å². The van der Waals surface area contributed by atoms with Gasteiger partial charge in [-0.3, -0.25) is 19.4 Å². The quantitative estimate of drug-likeness (QED) is 0.278. The van der Waals surface area contributed by atoms with Crippen molar-refractivity contribution in [3.63, 3.8) is 0 Å². The van der Waals surface area contributed by atoms with E-state index in [4.69, 9.17) is 0 Å². The molecule has 0 unspecified atom stereocenters. The van der Waals surface area contributed by atoms with Gasteiger partial charge in [0.25, 0.3) is 11.8 Å². The van der Waals surface area contributed by atoms with Gasteiger partial charge >= 0.3 is 0 Å². The number of hydrogen-bond donors (Lipinski definition) is 4. The molecule has 5 rings (SSSR count). The molecule has 2 aliphatic rings. The van der Waals surface area contributed by atoms with Gasteiger partial charge in [-0.15, -0.1) is 10.2 Å². The van der Waals surface area contributed by atoms with E-state index in [9.17, 15) is 14.4 Å². The summed E-state index contributed by atoms with van der Waals surface area (Å²) in [5, 5.41) is 20.2. The smallest absolute Gasteiger partial charge is 0.273 e. The fourth-order valence-corrected chi connectivity index (χ4v) is 4.87. The van der Waals surface area contributed by atoms with Crippen LogP contribution in [0.3, 0.4) is 0 Å². The Morgan fingerprint density at radius 2 is 1.82 bits per heavy atom. The molecule has 0 atom stereocenters. The van der Waals surface area contributed by atoms with Crippen LogP contribution in [-0.4, -0.2) is 72.5 Å². The second-order valence-electron chi connectivity index (χ2n) is 11.2. The first kappa shape index (κ1) is 30.2. The predicted molar refractivity (Wildman–Crippen MR) is 170 cm³/mol. The summed E-state index contributed by atoms with van der Waals surface area (Å²) in [4.78, 5) is 46.2. The molecule has 3 aromatic rings. The summed E-state index contributed by atoms with van der Waals surface area (Å²) in [7, 11) is 7.15. The molecule has 1 aromatic carbocycles. The Kier molecular flexibility index (Phi) is 8.88. The van der Waals surface area contributed by atoms with Gasteiger partial charge in [-0.1, -0.05) is 24.3 Å². The maximum atomic E-state index is 13.1. The van der Waals surface area contributed by atoms with Crippen molar-refractivity contribution in [3.8, 4) is 0 Å². The van der Waals surface area contributed by atoms with Crippen molar-refractivity contribution >= 4 is 46.2 Å². The topological polar surface area (TPSA) is 144 Å². The first-order chi connectivity index (χ1) is 21.1. The molecule has 1 fully saturated rings. The number of rotatable bonds is 10. The molecular weight excluding hydrogens is 558 g/mol. The third-order valence-electron chi connectivity index (χ3n) is 7.40. The van der Waals surface area contributed by atoms with Crippen molar-refractivity contribution in [3.05, 3.63) is 83.0 Å². The van der Waals surface area contributed by atoms with Crippen molar-refractivity contribution in [2.45, 2.75) is 26.3 Å². The molecule has 44 heavy (non-hydrogen) atoms. The number of aromatic nitrogens is 3. The Balaban J connectivity index is 1.40. The van der Waals surface area contributed by atoms with Crippen LogP contribution in [0.4, 0.5) is 22.9 Å². The predicted octanol–water partition coefficient (Wildman–Crippen LogP) is 3.23. The number of pyridine rings is 1. The second-order valence-corrected chi connectivity index (χ2v) is 11.2. The maximum Gasteiger partial charge on any atom is 0.273 e. The highest BCUT2D eigenvalue weighted by atomic mass is 16.2. The zero-order valence-electron chi connectivity index (χ0n) is 25.6. The first-order valence-corrected chi connectivity index (χ1v) is 14.4. The van der Waals surface area contributed by atoms with Crippen molar-refractivity contribution in [1.82, 2.24) is 30.7 Å². The van der Waals surface area contributed by atoms with E-state index in [1.807, 2.05) is 62.3 Å². The van der Waals surface area contributed by atoms with Crippen LogP contribution in [0, 0.1) is 12.8 Å². The van der Waals surface area contributed by atoms with Crippen LogP contribution in [0.2, 0.25) is 0 Å². The number of nitrogens with one attached hydrogen (secondary N) is 4. The Morgan fingerprint density at radius 3 is 2.45 bits per heavy atom. The second kappa shape index (κ2) is 12.9. The number of nitrogens with zero attached hydrogens (tertiary/aromatic N) is 5. The molecule has 0 radical (unpaired) electrons. The number of hydrogen-bond acceptors (Lipinski definition) is 9. The number of allylic oxidation sites excluding steroid dienone is 2. The molecule has 3 amide bonds. The molecule has 2 aromatic heterocycles. The lowest BCUT2D eigenvalue weighted by atomic mass is 9.99. The minimum absolute atomic E-state index is 0.00307. The molecule has 228 valence electrons. The summed E-state index contributed by atoms with van der Waals surface area (Å²) in [6, 6.07) is 11.4. The molecule has 0 saturated heterocycles. The molecule has 1 saturated carbocycles. The summed E-state index contributed by atoms with van der Waals surface area (Å²) < 4.78 is 0. The number of para-hydroxylation sites is 1. The van der Waals surface area contributed by atoms with Gasteiger partial charge in [-0.25, -0.2) is 0 Å². The molecular formula is C32H37N9O3. The van der Waals surface area contributed by atoms with E-state index in [0.717, 1.165) is 46.6 Å². The van der Waals surface area contributed by atoms with Crippen LogP contribution >= 0.6 is 0 Å². The van der Waals surface area contributed by atoms with Crippen LogP contribution < -0.4 is 26.2 Å². The summed E-state index contributed by atoms with van der Waals surface area (Å²) in [5.74, 6) is -0.370. The molecule has 1 aliphatic heterocycles. The maximum absolute atomic E-state index is 13.1. The van der Waals surface area contributed by atoms with Crippen LogP contribution in [0.15, 0.2) is 60.4 Å². The fraction of sp³-hybridized carbons (Fsp3) is 0.312. The first-order valence-electron chi connectivity index (χ1n) is 14.4. The SMILES string of the molecule is CNC(=O)c1nnc(NC(=O)C2CC2)cc1Nc1cccc(C2=CC=C(C(=O)N(C)Cc3ccc(C)cn3)NC2)c1N(C)C. The summed E-state index contributed by atoms with van der Waals surface area (Å²) in [5.41, 5.74) is 6.41. The number of aryl methyl sites for hydroxylation is 1. The Bertz CT molecular complexity index is 1640. The highest BCUT2D eigenvalue weighted by Gasteiger charge is 2.30. The zero-order valence-corrected chi connectivity index (χ0v) is 25.6. The largest absolute Gasteiger partial charge is 0.376 e. The van der Waals surface area contributed by atoms with Crippen LogP contribution in [0.5, 0.6) is 0 Å². The lowest BCUT2D eigenvalue weighted by Crippen LogP contribution is -2.35. The van der Waals surface area contributed by atoms with E-state index >= 15 is 0 Å². The van der Waals surface area contributed by atoms with Gasteiger partial charge in [0.1, 0.15) is 5.70 Å². The number of anilines is 4. The van der Waals surface area contributed by atoms with E-state index in [2.05, 4.69) is 36.4 Å². The van der Waals surface area contributed by atoms with Crippen molar-refractivity contribution in [2.75, 3.05) is 50.3 Å². The molecule has 3 heterocycles. The molecule has 12 heteroatoms. The number of carbonyl (C=O) groups is 3. The van der Waals surface area contributed by atoms with Crippen molar-refractivity contribution < 1.29 is 14.4 Å².